The third-order valence-electron chi connectivity index (χ3n) is 8.21. The fourth-order valence-corrected chi connectivity index (χ4v) is 5.82. The number of nitrogens with zero attached hydrogens (tertiary/aromatic N) is 4. The first-order chi connectivity index (χ1) is 17.4. The number of amides is 1. The molecule has 4 rings (SSSR count). The molecule has 2 saturated heterocycles. The van der Waals surface area contributed by atoms with Gasteiger partial charge in [-0.15, -0.1) is 0 Å². The molecule has 2 fully saturated rings. The monoisotopic (exact) mass is 523 g/mol. The summed E-state index contributed by atoms with van der Waals surface area (Å²) in [6.45, 7) is 14.5. The molecule has 0 bridgehead atoms. The van der Waals surface area contributed by atoms with Gasteiger partial charge in [0.05, 0.1) is 37.6 Å². The van der Waals surface area contributed by atoms with Crippen molar-refractivity contribution in [2.75, 3.05) is 64.0 Å². The summed E-state index contributed by atoms with van der Waals surface area (Å²) >= 11 is 0. The average molecular weight is 524 g/mol. The number of ether oxygens (including phenoxy) is 1. The van der Waals surface area contributed by atoms with E-state index in [4.69, 9.17) is 4.74 Å². The van der Waals surface area contributed by atoms with E-state index in [1.54, 1.807) is 11.8 Å². The number of hydrogen-bond donors (Lipinski definition) is 2. The number of carbonyl (C=O) groups excluding carboxylic acids is 1. The molecule has 0 aromatic carbocycles. The van der Waals surface area contributed by atoms with E-state index < -0.39 is 11.5 Å². The predicted molar refractivity (Wildman–Crippen MR) is 139 cm³/mol. The largest absolute Gasteiger partial charge is 0.394 e. The van der Waals surface area contributed by atoms with Gasteiger partial charge >= 0.3 is 0 Å². The van der Waals surface area contributed by atoms with Gasteiger partial charge in [-0.25, -0.2) is 0 Å². The van der Waals surface area contributed by atoms with Crippen LogP contribution in [0.3, 0.4) is 0 Å². The Bertz CT molecular complexity index is 977. The van der Waals surface area contributed by atoms with Gasteiger partial charge in [0.2, 0.25) is 5.91 Å². The topological polar surface area (TPSA) is 81.2 Å². The second-order valence-corrected chi connectivity index (χ2v) is 12.0. The summed E-state index contributed by atoms with van der Waals surface area (Å²) in [5, 5.41) is 13.6. The number of rotatable bonds is 8. The van der Waals surface area contributed by atoms with E-state index in [1.165, 1.54) is 12.3 Å². The standard InChI is InChI=1S/C27H43F2N5O3/c1-6-7-27(28,29)23-10-22-21(12-31-23)25(3,4)16-34(22)24(36)15-32-13-19(2)30-11-20(32)14-33-8-9-37-18-26(33,5)17-35/h10,12,19-20,30,35H,6-9,11,13-18H2,1-5H3. The van der Waals surface area contributed by atoms with Crippen molar-refractivity contribution in [3.8, 4) is 0 Å². The number of aliphatic hydroxyl groups excluding tert-OH is 1. The van der Waals surface area contributed by atoms with Crippen LogP contribution in [0.5, 0.6) is 0 Å². The number of nitrogens with one attached hydrogen (secondary N) is 1. The highest BCUT2D eigenvalue weighted by Gasteiger charge is 2.43. The minimum atomic E-state index is -3.03. The van der Waals surface area contributed by atoms with Crippen molar-refractivity contribution in [1.82, 2.24) is 20.1 Å². The molecule has 1 amide bonds. The molecule has 10 heteroatoms. The van der Waals surface area contributed by atoms with E-state index in [9.17, 15) is 18.7 Å². The Kier molecular flexibility index (Phi) is 8.26. The highest BCUT2D eigenvalue weighted by atomic mass is 19.3. The van der Waals surface area contributed by atoms with Crippen LogP contribution in [0.25, 0.3) is 0 Å². The molecule has 3 aliphatic heterocycles. The molecule has 0 saturated carbocycles. The first kappa shape index (κ1) is 28.3. The number of piperazine rings is 1. The number of alkyl halides is 2. The molecule has 3 atom stereocenters. The third-order valence-corrected chi connectivity index (χ3v) is 8.21. The third kappa shape index (κ3) is 5.83. The molecule has 37 heavy (non-hydrogen) atoms. The number of morpholine rings is 1. The van der Waals surface area contributed by atoms with E-state index in [2.05, 4.69) is 27.0 Å². The summed E-state index contributed by atoms with van der Waals surface area (Å²) in [7, 11) is 0. The summed E-state index contributed by atoms with van der Waals surface area (Å²) in [5.74, 6) is -3.12. The summed E-state index contributed by atoms with van der Waals surface area (Å²) < 4.78 is 35.1. The number of aliphatic hydroxyl groups is 1. The van der Waals surface area contributed by atoms with Gasteiger partial charge in [0, 0.05) is 68.4 Å². The maximum atomic E-state index is 14.7. The molecule has 0 aliphatic carbocycles. The first-order valence-corrected chi connectivity index (χ1v) is 13.5. The van der Waals surface area contributed by atoms with Gasteiger partial charge in [-0.3, -0.25) is 19.6 Å². The Hall–Kier alpha value is -1.72. The number of halogens is 2. The van der Waals surface area contributed by atoms with E-state index >= 15 is 0 Å². The summed E-state index contributed by atoms with van der Waals surface area (Å²) in [5.41, 5.74) is 0.282. The Labute approximate surface area is 219 Å². The second-order valence-electron chi connectivity index (χ2n) is 12.0. The molecule has 3 unspecified atom stereocenters. The molecule has 0 spiro atoms. The van der Waals surface area contributed by atoms with E-state index in [0.717, 1.165) is 18.7 Å². The molecular formula is C27H43F2N5O3. The van der Waals surface area contributed by atoms with Crippen LogP contribution in [-0.2, 0) is 20.9 Å². The lowest BCUT2D eigenvalue weighted by molar-refractivity contribution is -0.122. The fraction of sp³-hybridized carbons (Fsp3) is 0.778. The lowest BCUT2D eigenvalue weighted by Gasteiger charge is -2.48. The zero-order valence-electron chi connectivity index (χ0n) is 22.9. The van der Waals surface area contributed by atoms with Crippen molar-refractivity contribution in [3.63, 3.8) is 0 Å². The number of fused-ring (bicyclic) bond motifs is 1. The van der Waals surface area contributed by atoms with Crippen LogP contribution in [-0.4, -0.2) is 103 Å². The highest BCUT2D eigenvalue weighted by molar-refractivity contribution is 5.97. The summed E-state index contributed by atoms with van der Waals surface area (Å²) in [6, 6.07) is 1.72. The molecule has 4 heterocycles. The van der Waals surface area contributed by atoms with Crippen molar-refractivity contribution in [1.29, 1.82) is 0 Å². The molecule has 2 N–H and O–H groups in total. The zero-order chi connectivity index (χ0) is 27.0. The maximum absolute atomic E-state index is 14.7. The van der Waals surface area contributed by atoms with Gasteiger partial charge in [-0.1, -0.05) is 27.2 Å². The van der Waals surface area contributed by atoms with Crippen LogP contribution in [0.4, 0.5) is 14.5 Å². The number of aromatic nitrogens is 1. The minimum absolute atomic E-state index is 0.00115. The minimum Gasteiger partial charge on any atom is -0.394 e. The van der Waals surface area contributed by atoms with E-state index in [0.29, 0.717) is 45.0 Å². The van der Waals surface area contributed by atoms with Gasteiger partial charge in [0.15, 0.2) is 0 Å². The Balaban J connectivity index is 1.54. The Morgan fingerprint density at radius 3 is 2.81 bits per heavy atom. The fourth-order valence-electron chi connectivity index (χ4n) is 5.82. The van der Waals surface area contributed by atoms with Crippen molar-refractivity contribution in [2.45, 2.75) is 76.4 Å². The Morgan fingerprint density at radius 2 is 2.11 bits per heavy atom. The quantitative estimate of drug-likeness (QED) is 0.542. The van der Waals surface area contributed by atoms with Crippen LogP contribution in [0, 0.1) is 0 Å². The average Bonchev–Trinajstić information content (AvgIpc) is 3.12. The molecule has 3 aliphatic rings. The summed E-state index contributed by atoms with van der Waals surface area (Å²) in [6.07, 6.45) is 1.61. The molecule has 0 radical (unpaired) electrons. The first-order valence-electron chi connectivity index (χ1n) is 13.5. The van der Waals surface area contributed by atoms with Crippen LogP contribution < -0.4 is 10.2 Å². The number of anilines is 1. The van der Waals surface area contributed by atoms with Gasteiger partial charge in [-0.05, 0) is 19.9 Å². The van der Waals surface area contributed by atoms with E-state index in [1.807, 2.05) is 20.8 Å². The van der Waals surface area contributed by atoms with Gasteiger partial charge in [-0.2, -0.15) is 8.78 Å². The molecular weight excluding hydrogens is 480 g/mol. The predicted octanol–water partition coefficient (Wildman–Crippen LogP) is 2.34. The van der Waals surface area contributed by atoms with Crippen molar-refractivity contribution >= 4 is 11.6 Å². The number of pyridine rings is 1. The van der Waals surface area contributed by atoms with Gasteiger partial charge in [0.25, 0.3) is 5.92 Å². The maximum Gasteiger partial charge on any atom is 0.289 e. The molecule has 1 aromatic heterocycles. The lowest BCUT2D eigenvalue weighted by atomic mass is 9.88. The molecule has 8 nitrogen and oxygen atoms in total. The van der Waals surface area contributed by atoms with Crippen molar-refractivity contribution in [2.24, 2.45) is 0 Å². The summed E-state index contributed by atoms with van der Waals surface area (Å²) in [4.78, 5) is 24.0. The van der Waals surface area contributed by atoms with Crippen LogP contribution in [0.15, 0.2) is 12.3 Å². The van der Waals surface area contributed by atoms with Gasteiger partial charge < -0.3 is 20.1 Å². The second kappa shape index (κ2) is 10.8. The SMILES string of the molecule is CCCC(F)(F)c1cc2c(cn1)C(C)(C)CN2C(=O)CN1CC(C)NCC1CN1CCOCC1(C)CO. The highest BCUT2D eigenvalue weighted by Crippen LogP contribution is 2.43. The normalized spacial score (nSPS) is 28.9. The smallest absolute Gasteiger partial charge is 0.289 e. The number of carbonyl (C=O) groups is 1. The molecule has 1 aromatic rings. The number of hydrogen-bond acceptors (Lipinski definition) is 7. The van der Waals surface area contributed by atoms with Crippen molar-refractivity contribution < 1.29 is 23.4 Å². The Morgan fingerprint density at radius 1 is 1.35 bits per heavy atom. The molecule has 208 valence electrons. The lowest BCUT2D eigenvalue weighted by Crippen LogP contribution is -2.65. The van der Waals surface area contributed by atoms with Crippen LogP contribution >= 0.6 is 0 Å². The van der Waals surface area contributed by atoms with E-state index in [-0.39, 0.29) is 48.7 Å². The van der Waals surface area contributed by atoms with Gasteiger partial charge in [0.1, 0.15) is 5.69 Å². The van der Waals surface area contributed by atoms with Crippen LogP contribution in [0.2, 0.25) is 0 Å². The van der Waals surface area contributed by atoms with Crippen LogP contribution in [0.1, 0.15) is 58.7 Å². The zero-order valence-corrected chi connectivity index (χ0v) is 22.9. The van der Waals surface area contributed by atoms with Crippen molar-refractivity contribution in [3.05, 3.63) is 23.5 Å².